The van der Waals surface area contributed by atoms with Crippen LogP contribution in [0.1, 0.15) is 13.8 Å². The highest BCUT2D eigenvalue weighted by atomic mass is 16.3. The third-order valence-electron chi connectivity index (χ3n) is 5.10. The van der Waals surface area contributed by atoms with E-state index in [1.54, 1.807) is 6.07 Å². The minimum Gasteiger partial charge on any atom is -0.507 e. The molecule has 1 atom stereocenters. The lowest BCUT2D eigenvalue weighted by Crippen LogP contribution is -2.34. The molecule has 1 unspecified atom stereocenters. The topological polar surface area (TPSA) is 84.1 Å². The molecular formula is C23H24N4O. The minimum absolute atomic E-state index is 0.0168. The second-order valence-corrected chi connectivity index (χ2v) is 7.38. The summed E-state index contributed by atoms with van der Waals surface area (Å²) >= 11 is 0. The zero-order chi connectivity index (χ0) is 19.7. The van der Waals surface area contributed by atoms with E-state index in [1.807, 2.05) is 54.6 Å². The van der Waals surface area contributed by atoms with E-state index in [1.165, 1.54) is 0 Å². The molecule has 5 heteroatoms. The van der Waals surface area contributed by atoms with Gasteiger partial charge in [0.25, 0.3) is 0 Å². The molecular weight excluding hydrogens is 348 g/mol. The van der Waals surface area contributed by atoms with Crippen LogP contribution in [0.25, 0.3) is 33.1 Å². The maximum atomic E-state index is 10.6. The number of phenols is 1. The fraction of sp³-hybridized carbons (Fsp3) is 0.217. The molecule has 0 saturated carbocycles. The van der Waals surface area contributed by atoms with Crippen molar-refractivity contribution < 1.29 is 5.11 Å². The van der Waals surface area contributed by atoms with Crippen LogP contribution in [0.5, 0.6) is 5.75 Å². The molecule has 0 radical (unpaired) electrons. The molecule has 142 valence electrons. The minimum atomic E-state index is 0.0168. The van der Waals surface area contributed by atoms with Gasteiger partial charge in [-0.25, -0.2) is 9.97 Å². The molecule has 4 rings (SSSR count). The number of hydrogen-bond donors (Lipinski definition) is 3. The number of nitrogens with two attached hydrogens (primary N) is 1. The lowest BCUT2D eigenvalue weighted by Gasteiger charge is -2.18. The summed E-state index contributed by atoms with van der Waals surface area (Å²) in [6.45, 7) is 4.81. The maximum Gasteiger partial charge on any atom is 0.166 e. The van der Waals surface area contributed by atoms with E-state index < -0.39 is 0 Å². The molecule has 0 aliphatic carbocycles. The van der Waals surface area contributed by atoms with Crippen LogP contribution in [-0.4, -0.2) is 27.7 Å². The van der Waals surface area contributed by atoms with Gasteiger partial charge in [-0.05, 0) is 34.9 Å². The van der Waals surface area contributed by atoms with Crippen molar-refractivity contribution in [2.45, 2.75) is 19.9 Å². The summed E-state index contributed by atoms with van der Waals surface area (Å²) in [5, 5.41) is 16.9. The maximum absolute atomic E-state index is 10.6. The molecule has 1 aromatic heterocycles. The molecule has 5 nitrogen and oxygen atoms in total. The van der Waals surface area contributed by atoms with E-state index in [9.17, 15) is 5.11 Å². The van der Waals surface area contributed by atoms with Crippen LogP contribution in [0.15, 0.2) is 60.7 Å². The van der Waals surface area contributed by atoms with E-state index in [4.69, 9.17) is 15.7 Å². The number of hydrogen-bond acceptors (Lipinski definition) is 5. The molecule has 0 saturated heterocycles. The third-order valence-corrected chi connectivity index (χ3v) is 5.10. The Kier molecular flexibility index (Phi) is 4.84. The Morgan fingerprint density at radius 2 is 1.64 bits per heavy atom. The van der Waals surface area contributed by atoms with Gasteiger partial charge in [-0.1, -0.05) is 56.3 Å². The summed E-state index contributed by atoms with van der Waals surface area (Å²) in [6.07, 6.45) is 0. The van der Waals surface area contributed by atoms with Gasteiger partial charge >= 0.3 is 0 Å². The van der Waals surface area contributed by atoms with Crippen LogP contribution in [0.3, 0.4) is 0 Å². The zero-order valence-electron chi connectivity index (χ0n) is 16.1. The smallest absolute Gasteiger partial charge is 0.166 e. The van der Waals surface area contributed by atoms with Gasteiger partial charge in [-0.3, -0.25) is 0 Å². The van der Waals surface area contributed by atoms with E-state index in [0.29, 0.717) is 23.9 Å². The highest BCUT2D eigenvalue weighted by Crippen LogP contribution is 2.36. The van der Waals surface area contributed by atoms with Crippen LogP contribution >= 0.6 is 0 Å². The Labute approximate surface area is 164 Å². The average Bonchev–Trinajstić information content (AvgIpc) is 2.71. The van der Waals surface area contributed by atoms with Gasteiger partial charge in [0.05, 0.1) is 11.1 Å². The molecule has 1 heterocycles. The summed E-state index contributed by atoms with van der Waals surface area (Å²) in [7, 11) is 0. The molecule has 0 aliphatic heterocycles. The van der Waals surface area contributed by atoms with E-state index >= 15 is 0 Å². The number of anilines is 1. The van der Waals surface area contributed by atoms with Gasteiger partial charge in [0, 0.05) is 18.0 Å². The summed E-state index contributed by atoms with van der Waals surface area (Å²) in [4.78, 5) is 9.51. The zero-order valence-corrected chi connectivity index (χ0v) is 16.1. The van der Waals surface area contributed by atoms with Crippen LogP contribution in [-0.2, 0) is 0 Å². The lowest BCUT2D eigenvalue weighted by molar-refractivity contribution is 0.477. The quantitative estimate of drug-likeness (QED) is 0.479. The number of para-hydroxylation sites is 1. The number of nitrogens with zero attached hydrogens (tertiary/aromatic N) is 2. The first-order valence-corrected chi connectivity index (χ1v) is 9.52. The van der Waals surface area contributed by atoms with Crippen molar-refractivity contribution in [3.63, 3.8) is 0 Å². The second-order valence-electron chi connectivity index (χ2n) is 7.38. The number of fused-ring (bicyclic) bond motifs is 2. The van der Waals surface area contributed by atoms with Crippen molar-refractivity contribution in [2.24, 2.45) is 11.7 Å². The Hall–Kier alpha value is -3.18. The normalized spacial score (nSPS) is 12.6. The van der Waals surface area contributed by atoms with E-state index in [0.717, 1.165) is 27.5 Å². The number of rotatable bonds is 5. The predicted octanol–water partition coefficient (Wildman–Crippen LogP) is 4.55. The van der Waals surface area contributed by atoms with E-state index in [-0.39, 0.29) is 11.8 Å². The van der Waals surface area contributed by atoms with Crippen LogP contribution in [0, 0.1) is 5.92 Å². The largest absolute Gasteiger partial charge is 0.507 e. The predicted molar refractivity (Wildman–Crippen MR) is 115 cm³/mol. The van der Waals surface area contributed by atoms with Crippen molar-refractivity contribution in [1.82, 2.24) is 9.97 Å². The molecule has 4 N–H and O–H groups in total. The van der Waals surface area contributed by atoms with Crippen LogP contribution in [0.4, 0.5) is 5.82 Å². The standard InChI is InChI=1S/C23H24N4O/c1-14(2)18(24)13-25-22-17-9-5-6-10-19(17)26-23(27-22)21-16-8-4-3-7-15(16)11-12-20(21)28/h3-12,14,18,28H,13,24H2,1-2H3,(H,25,26,27). The number of benzene rings is 3. The van der Waals surface area contributed by atoms with Gasteiger partial charge in [0.15, 0.2) is 5.82 Å². The van der Waals surface area contributed by atoms with Crippen molar-refractivity contribution in [3.8, 4) is 17.1 Å². The first-order valence-electron chi connectivity index (χ1n) is 9.52. The van der Waals surface area contributed by atoms with Gasteiger partial charge < -0.3 is 16.2 Å². The Balaban J connectivity index is 1.88. The molecule has 28 heavy (non-hydrogen) atoms. The van der Waals surface area contributed by atoms with Gasteiger partial charge in [0.1, 0.15) is 11.6 Å². The average molecular weight is 372 g/mol. The highest BCUT2D eigenvalue weighted by molar-refractivity contribution is 6.00. The van der Waals surface area contributed by atoms with Crippen molar-refractivity contribution in [1.29, 1.82) is 0 Å². The lowest BCUT2D eigenvalue weighted by atomic mass is 10.0. The highest BCUT2D eigenvalue weighted by Gasteiger charge is 2.16. The van der Waals surface area contributed by atoms with Gasteiger partial charge in [-0.15, -0.1) is 0 Å². The second kappa shape index (κ2) is 7.44. The van der Waals surface area contributed by atoms with Crippen molar-refractivity contribution in [2.75, 3.05) is 11.9 Å². The number of aromatic hydroxyl groups is 1. The summed E-state index contributed by atoms with van der Waals surface area (Å²) in [5.41, 5.74) is 7.67. The Morgan fingerprint density at radius 3 is 2.43 bits per heavy atom. The monoisotopic (exact) mass is 372 g/mol. The van der Waals surface area contributed by atoms with Gasteiger partial charge in [-0.2, -0.15) is 0 Å². The summed E-state index contributed by atoms with van der Waals surface area (Å²) < 4.78 is 0. The summed E-state index contributed by atoms with van der Waals surface area (Å²) in [5.74, 6) is 1.75. The Bertz CT molecular complexity index is 1140. The molecule has 0 amide bonds. The number of phenolic OH excluding ortho intramolecular Hbond substituents is 1. The molecule has 0 fully saturated rings. The van der Waals surface area contributed by atoms with Crippen LogP contribution < -0.4 is 11.1 Å². The molecule has 0 spiro atoms. The molecule has 3 aromatic carbocycles. The third kappa shape index (κ3) is 3.37. The van der Waals surface area contributed by atoms with Crippen LogP contribution in [0.2, 0.25) is 0 Å². The molecule has 0 aliphatic rings. The van der Waals surface area contributed by atoms with E-state index in [2.05, 4.69) is 19.2 Å². The fourth-order valence-electron chi connectivity index (χ4n) is 3.27. The first-order chi connectivity index (χ1) is 13.5. The fourth-order valence-corrected chi connectivity index (χ4v) is 3.27. The van der Waals surface area contributed by atoms with Crippen molar-refractivity contribution >= 4 is 27.5 Å². The molecule has 4 aromatic rings. The number of aromatic nitrogens is 2. The Morgan fingerprint density at radius 1 is 0.929 bits per heavy atom. The SMILES string of the molecule is CC(C)C(N)CNc1nc(-c2c(O)ccc3ccccc23)nc2ccccc12. The van der Waals surface area contributed by atoms with Crippen molar-refractivity contribution in [3.05, 3.63) is 60.7 Å². The number of nitrogens with one attached hydrogen (secondary N) is 1. The van der Waals surface area contributed by atoms with Gasteiger partial charge in [0.2, 0.25) is 0 Å². The molecule has 0 bridgehead atoms. The first kappa shape index (κ1) is 18.2. The summed E-state index contributed by atoms with van der Waals surface area (Å²) in [6, 6.07) is 19.4.